The van der Waals surface area contributed by atoms with Gasteiger partial charge in [-0.25, -0.2) is 9.69 Å². The largest absolute Gasteiger partial charge is 0.439 e. The van der Waals surface area contributed by atoms with Crippen molar-refractivity contribution in [2.45, 2.75) is 20.0 Å². The van der Waals surface area contributed by atoms with Gasteiger partial charge in [-0.1, -0.05) is 35.9 Å². The summed E-state index contributed by atoms with van der Waals surface area (Å²) in [6.07, 6.45) is 0.494. The lowest BCUT2D eigenvalue weighted by atomic mass is 10.1. The molecule has 1 aromatic carbocycles. The van der Waals surface area contributed by atoms with E-state index in [2.05, 4.69) is 0 Å². The summed E-state index contributed by atoms with van der Waals surface area (Å²) in [6.45, 7) is 3.90. The molecular formula is C14H15NO3. The fourth-order valence-electron chi connectivity index (χ4n) is 1.81. The van der Waals surface area contributed by atoms with E-state index in [0.717, 1.165) is 16.0 Å². The van der Waals surface area contributed by atoms with Crippen molar-refractivity contribution in [1.29, 1.82) is 0 Å². The third kappa shape index (κ3) is 2.59. The minimum Gasteiger partial charge on any atom is -0.439 e. The maximum absolute atomic E-state index is 11.8. The van der Waals surface area contributed by atoms with Gasteiger partial charge in [0.05, 0.1) is 6.54 Å². The number of imide groups is 1. The second-order valence-corrected chi connectivity index (χ2v) is 4.45. The molecule has 4 nitrogen and oxygen atoms in total. The monoisotopic (exact) mass is 245 g/mol. The van der Waals surface area contributed by atoms with Crippen LogP contribution in [0.2, 0.25) is 0 Å². The Morgan fingerprint density at radius 2 is 2.00 bits per heavy atom. The van der Waals surface area contributed by atoms with Gasteiger partial charge in [0.25, 0.3) is 5.91 Å². The van der Waals surface area contributed by atoms with E-state index in [9.17, 15) is 9.59 Å². The molecule has 2 amide bonds. The molecule has 94 valence electrons. The van der Waals surface area contributed by atoms with Gasteiger partial charge in [-0.3, -0.25) is 4.79 Å². The van der Waals surface area contributed by atoms with Crippen molar-refractivity contribution in [3.63, 3.8) is 0 Å². The second-order valence-electron chi connectivity index (χ2n) is 4.45. The lowest BCUT2D eigenvalue weighted by Gasteiger charge is -2.08. The van der Waals surface area contributed by atoms with Gasteiger partial charge < -0.3 is 4.74 Å². The topological polar surface area (TPSA) is 46.6 Å². The van der Waals surface area contributed by atoms with E-state index in [1.54, 1.807) is 0 Å². The quantitative estimate of drug-likeness (QED) is 0.752. The molecule has 0 aliphatic carbocycles. The summed E-state index contributed by atoms with van der Waals surface area (Å²) in [5, 5.41) is 0. The number of ether oxygens (including phenoxy) is 1. The molecule has 1 atom stereocenters. The lowest BCUT2D eigenvalue weighted by molar-refractivity contribution is -0.122. The van der Waals surface area contributed by atoms with Crippen LogP contribution in [0.15, 0.2) is 42.0 Å². The number of amides is 2. The van der Waals surface area contributed by atoms with Crippen LogP contribution in [-0.2, 0) is 9.53 Å². The fraction of sp³-hybridized carbons (Fsp3) is 0.286. The van der Waals surface area contributed by atoms with Crippen LogP contribution in [0.3, 0.4) is 0 Å². The summed E-state index contributed by atoms with van der Waals surface area (Å²) in [7, 11) is 0. The van der Waals surface area contributed by atoms with Crippen LogP contribution in [-0.4, -0.2) is 23.4 Å². The highest BCUT2D eigenvalue weighted by molar-refractivity contribution is 5.99. The predicted molar refractivity (Wildman–Crippen MR) is 66.8 cm³/mol. The maximum Gasteiger partial charge on any atom is 0.417 e. The van der Waals surface area contributed by atoms with E-state index in [1.165, 1.54) is 6.08 Å². The Morgan fingerprint density at radius 3 is 2.61 bits per heavy atom. The van der Waals surface area contributed by atoms with E-state index in [1.807, 2.05) is 44.2 Å². The average molecular weight is 245 g/mol. The molecular weight excluding hydrogens is 230 g/mol. The molecule has 1 fully saturated rings. The first-order chi connectivity index (χ1) is 8.58. The molecule has 0 saturated carbocycles. The van der Waals surface area contributed by atoms with Gasteiger partial charge in [0.1, 0.15) is 6.10 Å². The molecule has 4 heteroatoms. The summed E-state index contributed by atoms with van der Waals surface area (Å²) >= 11 is 0. The van der Waals surface area contributed by atoms with Gasteiger partial charge in [-0.15, -0.1) is 0 Å². The Labute approximate surface area is 106 Å². The summed E-state index contributed by atoms with van der Waals surface area (Å²) < 4.78 is 5.20. The molecule has 1 aliphatic rings. The third-order valence-corrected chi connectivity index (χ3v) is 2.66. The average Bonchev–Trinajstić information content (AvgIpc) is 2.72. The number of carbonyl (C=O) groups is 2. The minimum atomic E-state index is -0.577. The highest BCUT2D eigenvalue weighted by Crippen LogP contribution is 2.26. The first-order valence-corrected chi connectivity index (χ1v) is 5.80. The van der Waals surface area contributed by atoms with E-state index in [4.69, 9.17) is 4.74 Å². The zero-order valence-corrected chi connectivity index (χ0v) is 10.4. The summed E-state index contributed by atoms with van der Waals surface area (Å²) in [4.78, 5) is 24.6. The van der Waals surface area contributed by atoms with Crippen LogP contribution in [0.4, 0.5) is 4.79 Å². The third-order valence-electron chi connectivity index (χ3n) is 2.66. The van der Waals surface area contributed by atoms with Crippen molar-refractivity contribution in [3.8, 4) is 0 Å². The molecule has 0 spiro atoms. The molecule has 1 saturated heterocycles. The molecule has 0 N–H and O–H groups in total. The van der Waals surface area contributed by atoms with Crippen molar-refractivity contribution in [2.75, 3.05) is 6.54 Å². The Morgan fingerprint density at radius 1 is 1.33 bits per heavy atom. The van der Waals surface area contributed by atoms with E-state index < -0.39 is 6.09 Å². The molecule has 0 bridgehead atoms. The Hall–Kier alpha value is -2.10. The van der Waals surface area contributed by atoms with Crippen LogP contribution in [0.5, 0.6) is 0 Å². The predicted octanol–water partition coefficient (Wildman–Crippen LogP) is 2.67. The smallest absolute Gasteiger partial charge is 0.417 e. The number of hydrogen-bond acceptors (Lipinski definition) is 3. The van der Waals surface area contributed by atoms with E-state index >= 15 is 0 Å². The second kappa shape index (κ2) is 5.04. The van der Waals surface area contributed by atoms with Crippen LogP contribution >= 0.6 is 0 Å². The van der Waals surface area contributed by atoms with Gasteiger partial charge >= 0.3 is 6.09 Å². The van der Waals surface area contributed by atoms with Gasteiger partial charge in [0.2, 0.25) is 0 Å². The molecule has 18 heavy (non-hydrogen) atoms. The standard InChI is InChI=1S/C14H15NO3/c1-10(2)8-13(16)15-9-12(18-14(15)17)11-6-4-3-5-7-11/h3-8,12H,9H2,1-2H3. The fourth-order valence-corrected chi connectivity index (χ4v) is 1.81. The van der Waals surface area contributed by atoms with Crippen LogP contribution in [0, 0.1) is 0 Å². The molecule has 0 radical (unpaired) electrons. The number of carbonyl (C=O) groups excluding carboxylic acids is 2. The number of allylic oxidation sites excluding steroid dienone is 1. The van der Waals surface area contributed by atoms with E-state index in [-0.39, 0.29) is 18.6 Å². The number of rotatable bonds is 2. The first-order valence-electron chi connectivity index (χ1n) is 5.80. The van der Waals surface area contributed by atoms with Crippen LogP contribution in [0.1, 0.15) is 25.5 Å². The van der Waals surface area contributed by atoms with E-state index in [0.29, 0.717) is 0 Å². The molecule has 2 rings (SSSR count). The van der Waals surface area contributed by atoms with Crippen molar-refractivity contribution >= 4 is 12.0 Å². The lowest BCUT2D eigenvalue weighted by Crippen LogP contribution is -2.30. The Kier molecular flexibility index (Phi) is 3.46. The summed E-state index contributed by atoms with van der Waals surface area (Å²) in [6, 6.07) is 9.42. The molecule has 1 aliphatic heterocycles. The highest BCUT2D eigenvalue weighted by atomic mass is 16.6. The molecule has 1 heterocycles. The van der Waals surface area contributed by atoms with Crippen LogP contribution in [0.25, 0.3) is 0 Å². The van der Waals surface area contributed by atoms with Gasteiger partial charge in [-0.2, -0.15) is 0 Å². The zero-order valence-electron chi connectivity index (χ0n) is 10.4. The molecule has 0 aromatic heterocycles. The van der Waals surface area contributed by atoms with Crippen molar-refractivity contribution in [2.24, 2.45) is 0 Å². The first kappa shape index (κ1) is 12.4. The molecule has 1 unspecified atom stereocenters. The number of hydrogen-bond donors (Lipinski definition) is 0. The highest BCUT2D eigenvalue weighted by Gasteiger charge is 2.35. The van der Waals surface area contributed by atoms with Crippen LogP contribution < -0.4 is 0 Å². The summed E-state index contributed by atoms with van der Waals surface area (Å²) in [5.74, 6) is -0.321. The molecule has 1 aromatic rings. The maximum atomic E-state index is 11.8. The number of nitrogens with zero attached hydrogens (tertiary/aromatic N) is 1. The Balaban J connectivity index is 2.13. The van der Waals surface area contributed by atoms with Crippen molar-refractivity contribution < 1.29 is 14.3 Å². The Bertz CT molecular complexity index is 489. The van der Waals surface area contributed by atoms with Gasteiger partial charge in [0.15, 0.2) is 0 Å². The van der Waals surface area contributed by atoms with Crippen molar-refractivity contribution in [3.05, 3.63) is 47.5 Å². The SMILES string of the molecule is CC(C)=CC(=O)N1CC(c2ccccc2)OC1=O. The van der Waals surface area contributed by atoms with Crippen molar-refractivity contribution in [1.82, 2.24) is 4.90 Å². The minimum absolute atomic E-state index is 0.269. The van der Waals surface area contributed by atoms with Gasteiger partial charge in [0, 0.05) is 6.08 Å². The number of benzene rings is 1. The zero-order chi connectivity index (χ0) is 13.1. The normalized spacial score (nSPS) is 18.4. The number of cyclic esters (lactones) is 1. The summed E-state index contributed by atoms with van der Waals surface area (Å²) in [5.41, 5.74) is 1.76. The van der Waals surface area contributed by atoms with Gasteiger partial charge in [-0.05, 0) is 19.4 Å².